The molecule has 0 aromatic carbocycles. The lowest BCUT2D eigenvalue weighted by molar-refractivity contribution is 0.461. The van der Waals surface area contributed by atoms with Gasteiger partial charge in [-0.25, -0.2) is 4.98 Å². The van der Waals surface area contributed by atoms with Crippen LogP contribution in [0.15, 0.2) is 23.8 Å². The van der Waals surface area contributed by atoms with Crippen molar-refractivity contribution in [3.05, 3.63) is 34.5 Å². The van der Waals surface area contributed by atoms with E-state index in [4.69, 9.17) is 0 Å². The number of nitrogens with one attached hydrogen (secondary N) is 1. The molecule has 4 nitrogen and oxygen atoms in total. The summed E-state index contributed by atoms with van der Waals surface area (Å²) < 4.78 is 1.86. The van der Waals surface area contributed by atoms with E-state index in [1.165, 1.54) is 24.1 Å². The summed E-state index contributed by atoms with van der Waals surface area (Å²) in [5.74, 6) is 1.06. The molecule has 1 unspecified atom stereocenters. The first-order valence-electron chi connectivity index (χ1n) is 6.88. The number of aromatic nitrogens is 3. The molecule has 2 aromatic heterocycles. The average Bonchev–Trinajstić information content (AvgIpc) is 3.02. The van der Waals surface area contributed by atoms with E-state index in [1.807, 2.05) is 23.1 Å². The summed E-state index contributed by atoms with van der Waals surface area (Å²) in [5.41, 5.74) is 0. The Labute approximate surface area is 118 Å². The summed E-state index contributed by atoms with van der Waals surface area (Å²) in [4.78, 5) is 5.79. The van der Waals surface area contributed by atoms with Gasteiger partial charge in [-0.2, -0.15) is 5.10 Å². The molecule has 2 aromatic rings. The normalized spacial score (nSPS) is 12.7. The third-order valence-electron chi connectivity index (χ3n) is 3.28. The first kappa shape index (κ1) is 14.2. The predicted molar refractivity (Wildman–Crippen MR) is 79.4 cm³/mol. The first-order valence-corrected chi connectivity index (χ1v) is 7.76. The lowest BCUT2D eigenvalue weighted by atomic mass is 10.1. The molecule has 0 fully saturated rings. The number of likely N-dealkylation sites (N-methyl/N-ethyl adjacent to an activating group) is 1. The van der Waals surface area contributed by atoms with Crippen LogP contribution < -0.4 is 5.32 Å². The zero-order valence-electron chi connectivity index (χ0n) is 11.7. The van der Waals surface area contributed by atoms with Gasteiger partial charge in [0.05, 0.1) is 0 Å². The third-order valence-corrected chi connectivity index (χ3v) is 4.22. The highest BCUT2D eigenvalue weighted by molar-refractivity contribution is 7.09. The van der Waals surface area contributed by atoms with Gasteiger partial charge in [0.1, 0.15) is 12.2 Å². The highest BCUT2D eigenvalue weighted by Gasteiger charge is 2.11. The molecule has 0 radical (unpaired) electrons. The van der Waals surface area contributed by atoms with Gasteiger partial charge in [0.15, 0.2) is 0 Å². The number of hydrogen-bond acceptors (Lipinski definition) is 4. The van der Waals surface area contributed by atoms with Gasteiger partial charge < -0.3 is 5.32 Å². The molecular formula is C14H22N4S. The van der Waals surface area contributed by atoms with Gasteiger partial charge >= 0.3 is 0 Å². The van der Waals surface area contributed by atoms with Crippen molar-refractivity contribution in [1.82, 2.24) is 20.1 Å². The van der Waals surface area contributed by atoms with Gasteiger partial charge in [0, 0.05) is 24.4 Å². The Bertz CT molecular complexity index is 464. The van der Waals surface area contributed by atoms with E-state index < -0.39 is 0 Å². The lowest BCUT2D eigenvalue weighted by Gasteiger charge is -2.17. The number of nitrogens with zero attached hydrogens (tertiary/aromatic N) is 3. The molecule has 0 bridgehead atoms. The maximum absolute atomic E-state index is 4.31. The monoisotopic (exact) mass is 278 g/mol. The molecule has 0 saturated heterocycles. The van der Waals surface area contributed by atoms with Crippen LogP contribution in [0.2, 0.25) is 0 Å². The van der Waals surface area contributed by atoms with E-state index >= 15 is 0 Å². The highest BCUT2D eigenvalue weighted by atomic mass is 32.1. The number of thiophene rings is 1. The summed E-state index contributed by atoms with van der Waals surface area (Å²) in [6.07, 6.45) is 6.16. The van der Waals surface area contributed by atoms with Gasteiger partial charge in [-0.05, 0) is 37.3 Å². The Balaban J connectivity index is 1.80. The van der Waals surface area contributed by atoms with Crippen LogP contribution in [-0.4, -0.2) is 27.4 Å². The van der Waals surface area contributed by atoms with Crippen molar-refractivity contribution in [1.29, 1.82) is 0 Å². The highest BCUT2D eigenvalue weighted by Crippen LogP contribution is 2.14. The zero-order chi connectivity index (χ0) is 13.5. The van der Waals surface area contributed by atoms with E-state index in [9.17, 15) is 0 Å². The van der Waals surface area contributed by atoms with Gasteiger partial charge in [-0.1, -0.05) is 13.0 Å². The minimum Gasteiger partial charge on any atom is -0.314 e. The molecule has 1 N–H and O–H groups in total. The molecule has 1 atom stereocenters. The molecule has 0 aliphatic rings. The molecule has 19 heavy (non-hydrogen) atoms. The van der Waals surface area contributed by atoms with Gasteiger partial charge in [-0.15, -0.1) is 11.3 Å². The molecule has 5 heteroatoms. The van der Waals surface area contributed by atoms with Crippen LogP contribution in [0.25, 0.3) is 0 Å². The molecule has 2 rings (SSSR count). The topological polar surface area (TPSA) is 42.7 Å². The van der Waals surface area contributed by atoms with Gasteiger partial charge in [-0.3, -0.25) is 4.68 Å². The first-order chi connectivity index (χ1) is 9.29. The maximum Gasteiger partial charge on any atom is 0.138 e. The minimum atomic E-state index is 0.493. The minimum absolute atomic E-state index is 0.493. The van der Waals surface area contributed by atoms with Crippen LogP contribution in [0.3, 0.4) is 0 Å². The van der Waals surface area contributed by atoms with E-state index in [2.05, 4.69) is 39.8 Å². The molecule has 0 aliphatic carbocycles. The Hall–Kier alpha value is -1.20. The quantitative estimate of drug-likeness (QED) is 0.806. The summed E-state index contributed by atoms with van der Waals surface area (Å²) in [6.45, 7) is 3.16. The van der Waals surface area contributed by atoms with Gasteiger partial charge in [0.2, 0.25) is 0 Å². The fourth-order valence-corrected chi connectivity index (χ4v) is 3.02. The molecular weight excluding hydrogens is 256 g/mol. The van der Waals surface area contributed by atoms with E-state index in [-0.39, 0.29) is 0 Å². The Morgan fingerprint density at radius 1 is 1.47 bits per heavy atom. The summed E-state index contributed by atoms with van der Waals surface area (Å²) in [6, 6.07) is 4.84. The van der Waals surface area contributed by atoms with E-state index in [0.29, 0.717) is 6.04 Å². The molecule has 104 valence electrons. The van der Waals surface area contributed by atoms with Gasteiger partial charge in [0.25, 0.3) is 0 Å². The smallest absolute Gasteiger partial charge is 0.138 e. The van der Waals surface area contributed by atoms with Crippen LogP contribution in [0.5, 0.6) is 0 Å². The second kappa shape index (κ2) is 7.40. The van der Waals surface area contributed by atoms with Crippen molar-refractivity contribution >= 4 is 11.3 Å². The zero-order valence-corrected chi connectivity index (χ0v) is 12.5. The van der Waals surface area contributed by atoms with Crippen LogP contribution in [0, 0.1) is 0 Å². The van der Waals surface area contributed by atoms with Crippen molar-refractivity contribution in [2.45, 2.75) is 38.6 Å². The largest absolute Gasteiger partial charge is 0.314 e. The van der Waals surface area contributed by atoms with Crippen LogP contribution in [-0.2, 0) is 19.9 Å². The molecule has 0 spiro atoms. The van der Waals surface area contributed by atoms with Crippen LogP contribution >= 0.6 is 11.3 Å². The summed E-state index contributed by atoms with van der Waals surface area (Å²) in [7, 11) is 1.96. The number of hydrogen-bond donors (Lipinski definition) is 1. The Morgan fingerprint density at radius 2 is 2.37 bits per heavy atom. The standard InChI is InChI=1S/C14H22N4S/c1-3-15-12(10-14-16-11-17-18(14)2)6-4-7-13-8-5-9-19-13/h5,8-9,11-12,15H,3-4,6-7,10H2,1-2H3. The fourth-order valence-electron chi connectivity index (χ4n) is 2.27. The SMILES string of the molecule is CCNC(CCCc1cccs1)Cc1ncnn1C. The molecule has 0 saturated carbocycles. The third kappa shape index (κ3) is 4.44. The van der Waals surface area contributed by atoms with Crippen molar-refractivity contribution in [3.63, 3.8) is 0 Å². The van der Waals surface area contributed by atoms with Crippen LogP contribution in [0.4, 0.5) is 0 Å². The van der Waals surface area contributed by atoms with Crippen molar-refractivity contribution in [2.24, 2.45) is 7.05 Å². The molecule has 2 heterocycles. The second-order valence-corrected chi connectivity index (χ2v) is 5.76. The summed E-state index contributed by atoms with van der Waals surface area (Å²) in [5, 5.41) is 9.83. The molecule has 0 aliphatic heterocycles. The average molecular weight is 278 g/mol. The van der Waals surface area contributed by atoms with E-state index in [1.54, 1.807) is 6.33 Å². The number of rotatable bonds is 8. The van der Waals surface area contributed by atoms with Crippen molar-refractivity contribution in [2.75, 3.05) is 6.54 Å². The maximum atomic E-state index is 4.31. The Kier molecular flexibility index (Phi) is 5.54. The lowest BCUT2D eigenvalue weighted by Crippen LogP contribution is -2.32. The number of aryl methyl sites for hydroxylation is 2. The van der Waals surface area contributed by atoms with Crippen LogP contribution in [0.1, 0.15) is 30.5 Å². The second-order valence-electron chi connectivity index (χ2n) is 4.73. The molecule has 0 amide bonds. The predicted octanol–water partition coefficient (Wildman–Crippen LogP) is 2.42. The fraction of sp³-hybridized carbons (Fsp3) is 0.571. The van der Waals surface area contributed by atoms with E-state index in [0.717, 1.165) is 18.8 Å². The van der Waals surface area contributed by atoms with Crippen molar-refractivity contribution < 1.29 is 0 Å². The van der Waals surface area contributed by atoms with Crippen molar-refractivity contribution in [3.8, 4) is 0 Å². The Morgan fingerprint density at radius 3 is 3.00 bits per heavy atom. The summed E-state index contributed by atoms with van der Waals surface area (Å²) >= 11 is 1.85.